The highest BCUT2D eigenvalue weighted by Gasteiger charge is 2.15. The van der Waals surface area contributed by atoms with E-state index in [0.29, 0.717) is 11.6 Å². The van der Waals surface area contributed by atoms with Crippen molar-refractivity contribution >= 4 is 11.6 Å². The highest BCUT2D eigenvalue weighted by Crippen LogP contribution is 2.19. The molecule has 23 heavy (non-hydrogen) atoms. The lowest BCUT2D eigenvalue weighted by atomic mass is 9.99. The molecule has 1 aliphatic rings. The molecule has 0 radical (unpaired) electrons. The minimum atomic E-state index is -0.224. The molecule has 6 nitrogen and oxygen atoms in total. The van der Waals surface area contributed by atoms with Crippen LogP contribution in [0.4, 0.5) is 11.6 Å². The summed E-state index contributed by atoms with van der Waals surface area (Å²) in [5.41, 5.74) is 2.32. The summed E-state index contributed by atoms with van der Waals surface area (Å²) in [4.78, 5) is 16.7. The Morgan fingerprint density at radius 2 is 1.91 bits per heavy atom. The summed E-state index contributed by atoms with van der Waals surface area (Å²) in [5.74, 6) is 1.22. The van der Waals surface area contributed by atoms with E-state index >= 15 is 0 Å². The van der Waals surface area contributed by atoms with Crippen LogP contribution in [0.5, 0.6) is 0 Å². The van der Waals surface area contributed by atoms with Crippen LogP contribution in [0, 0.1) is 12.8 Å². The maximum absolute atomic E-state index is 11.5. The summed E-state index contributed by atoms with van der Waals surface area (Å²) in [6.07, 6.45) is 2.58. The molecule has 1 aliphatic heterocycles. The van der Waals surface area contributed by atoms with Crippen molar-refractivity contribution in [1.29, 1.82) is 0 Å². The number of piperidine rings is 1. The van der Waals surface area contributed by atoms with Gasteiger partial charge >= 0.3 is 0 Å². The standard InChI is InChI=1S/C17H23N5O/c1-12-7-9-22(10-8-12)11-14-3-5-15(6-4-14)18-17-19-16(23)13(2)20-21-17/h3-6,12H,7-11H2,1-2H3,(H2,18,19,21,23). The van der Waals surface area contributed by atoms with Gasteiger partial charge < -0.3 is 5.32 Å². The van der Waals surface area contributed by atoms with Gasteiger partial charge in [-0.05, 0) is 56.5 Å². The molecular weight excluding hydrogens is 290 g/mol. The van der Waals surface area contributed by atoms with Crippen molar-refractivity contribution in [2.75, 3.05) is 18.4 Å². The molecule has 1 fully saturated rings. The molecule has 0 unspecified atom stereocenters. The van der Waals surface area contributed by atoms with Crippen LogP contribution in [0.15, 0.2) is 29.1 Å². The van der Waals surface area contributed by atoms with E-state index < -0.39 is 0 Å². The second-order valence-electron chi connectivity index (χ2n) is 6.37. The topological polar surface area (TPSA) is 73.9 Å². The SMILES string of the molecule is Cc1nnc(Nc2ccc(CN3CCC(C)CC3)cc2)[nH]c1=O. The number of anilines is 2. The Bertz CT molecular complexity index is 702. The Morgan fingerprint density at radius 3 is 2.57 bits per heavy atom. The first-order chi connectivity index (χ1) is 11.1. The zero-order valence-corrected chi connectivity index (χ0v) is 13.7. The number of nitrogens with zero attached hydrogens (tertiary/aromatic N) is 3. The van der Waals surface area contributed by atoms with E-state index in [4.69, 9.17) is 0 Å². The van der Waals surface area contributed by atoms with E-state index in [0.717, 1.165) is 18.2 Å². The summed E-state index contributed by atoms with van der Waals surface area (Å²) in [6, 6.07) is 8.23. The molecule has 3 rings (SSSR count). The summed E-state index contributed by atoms with van der Waals surface area (Å²) >= 11 is 0. The molecule has 122 valence electrons. The number of H-pyrrole nitrogens is 1. The van der Waals surface area contributed by atoms with Gasteiger partial charge in [0.1, 0.15) is 5.69 Å². The first-order valence-electron chi connectivity index (χ1n) is 8.12. The van der Waals surface area contributed by atoms with E-state index in [-0.39, 0.29) is 5.56 Å². The summed E-state index contributed by atoms with van der Waals surface area (Å²) in [5, 5.41) is 10.8. The van der Waals surface area contributed by atoms with Gasteiger partial charge in [0.05, 0.1) is 0 Å². The van der Waals surface area contributed by atoms with Gasteiger partial charge in [0.25, 0.3) is 5.56 Å². The average molecular weight is 313 g/mol. The fraction of sp³-hybridized carbons (Fsp3) is 0.471. The van der Waals surface area contributed by atoms with Gasteiger partial charge in [-0.3, -0.25) is 14.7 Å². The largest absolute Gasteiger partial charge is 0.324 e. The zero-order valence-electron chi connectivity index (χ0n) is 13.7. The normalized spacial score (nSPS) is 16.4. The molecule has 1 aromatic heterocycles. The number of aromatic amines is 1. The summed E-state index contributed by atoms with van der Waals surface area (Å²) in [7, 11) is 0. The third kappa shape index (κ3) is 4.16. The summed E-state index contributed by atoms with van der Waals surface area (Å²) < 4.78 is 0. The Balaban J connectivity index is 1.60. The van der Waals surface area contributed by atoms with Crippen molar-refractivity contribution in [2.24, 2.45) is 5.92 Å². The molecule has 2 N–H and O–H groups in total. The molecule has 2 heterocycles. The van der Waals surface area contributed by atoms with E-state index in [1.54, 1.807) is 6.92 Å². The van der Waals surface area contributed by atoms with Crippen LogP contribution in [0.2, 0.25) is 0 Å². The fourth-order valence-electron chi connectivity index (χ4n) is 2.76. The zero-order chi connectivity index (χ0) is 16.2. The van der Waals surface area contributed by atoms with Crippen molar-refractivity contribution in [3.8, 4) is 0 Å². The van der Waals surface area contributed by atoms with E-state index in [1.165, 1.54) is 31.5 Å². The van der Waals surface area contributed by atoms with Gasteiger partial charge in [0.2, 0.25) is 5.95 Å². The molecule has 1 aromatic carbocycles. The van der Waals surface area contributed by atoms with E-state index in [1.807, 2.05) is 12.1 Å². The second-order valence-corrected chi connectivity index (χ2v) is 6.37. The van der Waals surface area contributed by atoms with Crippen molar-refractivity contribution in [2.45, 2.75) is 33.2 Å². The van der Waals surface area contributed by atoms with Crippen LogP contribution in [-0.4, -0.2) is 33.2 Å². The Labute approximate surface area is 136 Å². The van der Waals surface area contributed by atoms with Crippen LogP contribution >= 0.6 is 0 Å². The maximum Gasteiger partial charge on any atom is 0.273 e. The molecule has 0 spiro atoms. The fourth-order valence-corrected chi connectivity index (χ4v) is 2.76. The molecule has 1 saturated heterocycles. The highest BCUT2D eigenvalue weighted by atomic mass is 16.1. The Hall–Kier alpha value is -2.21. The first kappa shape index (κ1) is 15.7. The third-order valence-electron chi connectivity index (χ3n) is 4.36. The van der Waals surface area contributed by atoms with Gasteiger partial charge in [0, 0.05) is 12.2 Å². The highest BCUT2D eigenvalue weighted by molar-refractivity contribution is 5.53. The van der Waals surface area contributed by atoms with Crippen LogP contribution in [0.1, 0.15) is 31.0 Å². The molecule has 0 aliphatic carbocycles. The number of likely N-dealkylation sites (tertiary alicyclic amines) is 1. The number of hydrogen-bond donors (Lipinski definition) is 2. The Morgan fingerprint density at radius 1 is 1.22 bits per heavy atom. The average Bonchev–Trinajstić information content (AvgIpc) is 2.55. The predicted molar refractivity (Wildman–Crippen MR) is 90.8 cm³/mol. The van der Waals surface area contributed by atoms with Crippen LogP contribution in [-0.2, 0) is 6.54 Å². The molecule has 6 heteroatoms. The molecule has 2 aromatic rings. The van der Waals surface area contributed by atoms with Crippen LogP contribution in [0.25, 0.3) is 0 Å². The maximum atomic E-state index is 11.5. The van der Waals surface area contributed by atoms with Crippen molar-refractivity contribution < 1.29 is 0 Å². The van der Waals surface area contributed by atoms with Crippen molar-refractivity contribution in [1.82, 2.24) is 20.1 Å². The molecule has 0 bridgehead atoms. The van der Waals surface area contributed by atoms with Gasteiger partial charge in [-0.1, -0.05) is 19.1 Å². The van der Waals surface area contributed by atoms with E-state index in [2.05, 4.69) is 44.5 Å². The minimum absolute atomic E-state index is 0.224. The number of nitrogens with one attached hydrogen (secondary N) is 2. The van der Waals surface area contributed by atoms with Gasteiger partial charge in [-0.25, -0.2) is 0 Å². The lowest BCUT2D eigenvalue weighted by Crippen LogP contribution is -2.32. The molecule has 0 saturated carbocycles. The number of aromatic nitrogens is 3. The lowest BCUT2D eigenvalue weighted by molar-refractivity contribution is 0.185. The van der Waals surface area contributed by atoms with E-state index in [9.17, 15) is 4.79 Å². The van der Waals surface area contributed by atoms with Crippen LogP contribution < -0.4 is 10.9 Å². The second kappa shape index (κ2) is 6.91. The number of benzene rings is 1. The minimum Gasteiger partial charge on any atom is -0.324 e. The van der Waals surface area contributed by atoms with Crippen molar-refractivity contribution in [3.05, 3.63) is 45.9 Å². The smallest absolute Gasteiger partial charge is 0.273 e. The third-order valence-corrected chi connectivity index (χ3v) is 4.36. The number of aryl methyl sites for hydroxylation is 1. The predicted octanol–water partition coefficient (Wildman–Crippen LogP) is 2.45. The quantitative estimate of drug-likeness (QED) is 0.907. The number of rotatable bonds is 4. The van der Waals surface area contributed by atoms with Crippen molar-refractivity contribution in [3.63, 3.8) is 0 Å². The van der Waals surface area contributed by atoms with Crippen LogP contribution in [0.3, 0.4) is 0 Å². The summed E-state index contributed by atoms with van der Waals surface area (Å²) in [6.45, 7) is 7.32. The van der Waals surface area contributed by atoms with Gasteiger partial charge in [-0.15, -0.1) is 10.2 Å². The lowest BCUT2D eigenvalue weighted by Gasteiger charge is -2.30. The monoisotopic (exact) mass is 313 g/mol. The Kier molecular flexibility index (Phi) is 4.71. The molecule has 0 atom stereocenters. The van der Waals surface area contributed by atoms with Gasteiger partial charge in [-0.2, -0.15) is 0 Å². The molecule has 0 amide bonds. The number of hydrogen-bond acceptors (Lipinski definition) is 5. The first-order valence-corrected chi connectivity index (χ1v) is 8.12. The van der Waals surface area contributed by atoms with Gasteiger partial charge in [0.15, 0.2) is 0 Å². The molecular formula is C17H23N5O.